The van der Waals surface area contributed by atoms with Gasteiger partial charge >= 0.3 is 0 Å². The van der Waals surface area contributed by atoms with Crippen LogP contribution in [0.4, 0.5) is 0 Å². The number of hydrogen-bond acceptors (Lipinski definition) is 1. The molecule has 0 aliphatic carbocycles. The second-order valence-corrected chi connectivity index (χ2v) is 9.17. The van der Waals surface area contributed by atoms with Crippen LogP contribution in [0.2, 0.25) is 25.7 Å². The molecule has 0 spiro atoms. The molecule has 0 heterocycles. The van der Waals surface area contributed by atoms with E-state index >= 15 is 0 Å². The average molecular weight is 203 g/mol. The molecule has 0 aromatic heterocycles. The van der Waals surface area contributed by atoms with Gasteiger partial charge in [0, 0.05) is 14.7 Å². The Bertz CT molecular complexity index is 72.6. The molecule has 0 radical (unpaired) electrons. The summed E-state index contributed by atoms with van der Waals surface area (Å²) in [6, 6.07) is 1.55. The van der Waals surface area contributed by atoms with Crippen LogP contribution in [0.5, 0.6) is 0 Å². The van der Waals surface area contributed by atoms with E-state index in [-0.39, 0.29) is 12.4 Å². The fraction of sp³-hybridized carbons (Fsp3) is 1.00. The first-order valence-corrected chi connectivity index (χ1v) is 7.44. The summed E-state index contributed by atoms with van der Waals surface area (Å²) in [6.45, 7) is 7.80. The third kappa shape index (κ3) is 11.5. The zero-order valence-electron chi connectivity index (χ0n) is 6.82. The summed E-state index contributed by atoms with van der Waals surface area (Å²) >= 11 is 5.32. The van der Waals surface area contributed by atoms with Gasteiger partial charge in [-0.3, -0.25) is 0 Å². The average Bonchev–Trinajstić information content (AvgIpc) is 1.63. The highest BCUT2D eigenvalue weighted by Gasteiger charge is 2.11. The molecule has 0 bridgehead atoms. The van der Waals surface area contributed by atoms with Crippen LogP contribution in [0.1, 0.15) is 0 Å². The molecule has 0 saturated carbocycles. The lowest BCUT2D eigenvalue weighted by Crippen LogP contribution is -2.21. The summed E-state index contributed by atoms with van der Waals surface area (Å²) in [5, 5.41) is 0. The standard InChI is InChI=1S/C6H15ClOSi.ClH/c1-9(2,3)5-4-8-6-7;/h4-6H2,1-3H3;1H. The third-order valence-corrected chi connectivity index (χ3v) is 2.93. The first kappa shape index (κ1) is 13.4. The minimum Gasteiger partial charge on any atom is -0.366 e. The maximum Gasteiger partial charge on any atom is 0.120 e. The van der Waals surface area contributed by atoms with Crippen LogP contribution in [0.3, 0.4) is 0 Å². The summed E-state index contributed by atoms with van der Waals surface area (Å²) in [7, 11) is -0.878. The number of hydrogen-bond donors (Lipinski definition) is 0. The Kier molecular flexibility index (Phi) is 8.63. The van der Waals surface area contributed by atoms with Crippen molar-refractivity contribution in [1.29, 1.82) is 0 Å². The molecule has 0 N–H and O–H groups in total. The number of rotatable bonds is 4. The lowest BCUT2D eigenvalue weighted by molar-refractivity contribution is 0.194. The Labute approximate surface area is 75.5 Å². The molecular formula is C6H16Cl2OSi. The van der Waals surface area contributed by atoms with Gasteiger partial charge in [0.15, 0.2) is 0 Å². The van der Waals surface area contributed by atoms with E-state index in [0.29, 0.717) is 6.07 Å². The van der Waals surface area contributed by atoms with Crippen molar-refractivity contribution in [2.75, 3.05) is 12.7 Å². The number of halogens is 2. The molecule has 0 atom stereocenters. The van der Waals surface area contributed by atoms with Gasteiger partial charge in [0.05, 0.1) is 0 Å². The Morgan fingerprint density at radius 2 is 1.80 bits per heavy atom. The van der Waals surface area contributed by atoms with Crippen LogP contribution in [0.25, 0.3) is 0 Å². The molecule has 0 aromatic carbocycles. The van der Waals surface area contributed by atoms with Crippen molar-refractivity contribution in [3.63, 3.8) is 0 Å². The molecule has 1 nitrogen and oxygen atoms in total. The first-order chi connectivity index (χ1) is 4.06. The van der Waals surface area contributed by atoms with Crippen molar-refractivity contribution < 1.29 is 4.74 Å². The van der Waals surface area contributed by atoms with Gasteiger partial charge in [0.25, 0.3) is 0 Å². The van der Waals surface area contributed by atoms with Crippen LogP contribution in [0.15, 0.2) is 0 Å². The van der Waals surface area contributed by atoms with Crippen LogP contribution >= 0.6 is 24.0 Å². The van der Waals surface area contributed by atoms with Crippen molar-refractivity contribution in [3.05, 3.63) is 0 Å². The highest BCUT2D eigenvalue weighted by Crippen LogP contribution is 2.07. The van der Waals surface area contributed by atoms with E-state index in [4.69, 9.17) is 16.3 Å². The molecule has 0 rings (SSSR count). The Morgan fingerprint density at radius 3 is 2.10 bits per heavy atom. The SMILES string of the molecule is C[Si](C)(C)CCOCCl.Cl. The molecule has 0 amide bonds. The summed E-state index contributed by atoms with van der Waals surface area (Å²) in [5.74, 6) is 0. The van der Waals surface area contributed by atoms with Crippen molar-refractivity contribution in [3.8, 4) is 0 Å². The van der Waals surface area contributed by atoms with Gasteiger partial charge in [-0.25, -0.2) is 0 Å². The van der Waals surface area contributed by atoms with Crippen LogP contribution in [-0.4, -0.2) is 20.7 Å². The summed E-state index contributed by atoms with van der Waals surface area (Å²) in [6.07, 6.45) is 0. The molecular weight excluding hydrogens is 187 g/mol. The minimum atomic E-state index is -0.878. The van der Waals surface area contributed by atoms with Crippen molar-refractivity contribution >= 4 is 32.1 Å². The maximum absolute atomic E-state index is 5.32. The van der Waals surface area contributed by atoms with Gasteiger partial charge in [-0.15, -0.1) is 12.4 Å². The third-order valence-electron chi connectivity index (χ3n) is 1.07. The van der Waals surface area contributed by atoms with E-state index in [1.165, 1.54) is 6.04 Å². The topological polar surface area (TPSA) is 9.23 Å². The normalized spacial score (nSPS) is 10.8. The monoisotopic (exact) mass is 202 g/mol. The van der Waals surface area contributed by atoms with Gasteiger partial charge in [-0.2, -0.15) is 0 Å². The smallest absolute Gasteiger partial charge is 0.120 e. The van der Waals surface area contributed by atoms with Crippen LogP contribution in [0, 0.1) is 0 Å². The first-order valence-electron chi connectivity index (χ1n) is 3.20. The molecule has 0 saturated heterocycles. The minimum absolute atomic E-state index is 0. The van der Waals surface area contributed by atoms with Crippen molar-refractivity contribution in [2.45, 2.75) is 25.7 Å². The predicted octanol–water partition coefficient (Wildman–Crippen LogP) is 2.96. The van der Waals surface area contributed by atoms with Crippen molar-refractivity contribution in [1.82, 2.24) is 0 Å². The molecule has 0 fully saturated rings. The number of ether oxygens (including phenoxy) is 1. The Hall–Kier alpha value is 0.757. The van der Waals surface area contributed by atoms with Crippen molar-refractivity contribution in [2.24, 2.45) is 0 Å². The van der Waals surface area contributed by atoms with E-state index in [1.54, 1.807) is 0 Å². The van der Waals surface area contributed by atoms with Gasteiger partial charge in [-0.1, -0.05) is 31.2 Å². The van der Waals surface area contributed by atoms with Gasteiger partial charge < -0.3 is 4.74 Å². The molecule has 0 unspecified atom stereocenters. The molecule has 64 valence electrons. The largest absolute Gasteiger partial charge is 0.366 e. The lowest BCUT2D eigenvalue weighted by Gasteiger charge is -2.14. The zero-order chi connectivity index (χ0) is 7.33. The highest BCUT2D eigenvalue weighted by atomic mass is 35.5. The van der Waals surface area contributed by atoms with Crippen LogP contribution in [-0.2, 0) is 4.74 Å². The number of alkyl halides is 1. The summed E-state index contributed by atoms with van der Waals surface area (Å²) < 4.78 is 5.01. The second-order valence-electron chi connectivity index (χ2n) is 3.33. The van der Waals surface area contributed by atoms with Gasteiger partial charge in [-0.05, 0) is 6.04 Å². The van der Waals surface area contributed by atoms with Gasteiger partial charge in [0.1, 0.15) is 6.07 Å². The predicted molar refractivity (Wildman–Crippen MR) is 52.1 cm³/mol. The van der Waals surface area contributed by atoms with E-state index in [0.717, 1.165) is 6.61 Å². The summed E-state index contributed by atoms with van der Waals surface area (Å²) in [4.78, 5) is 0. The second kappa shape index (κ2) is 6.47. The highest BCUT2D eigenvalue weighted by molar-refractivity contribution is 6.76. The van der Waals surface area contributed by atoms with E-state index in [1.807, 2.05) is 0 Å². The zero-order valence-corrected chi connectivity index (χ0v) is 9.39. The fourth-order valence-electron chi connectivity index (χ4n) is 0.433. The molecule has 10 heavy (non-hydrogen) atoms. The molecule has 0 aromatic rings. The van der Waals surface area contributed by atoms with Gasteiger partial charge in [0.2, 0.25) is 0 Å². The van der Waals surface area contributed by atoms with E-state index < -0.39 is 8.07 Å². The fourth-order valence-corrected chi connectivity index (χ4v) is 1.30. The Morgan fingerprint density at radius 1 is 1.30 bits per heavy atom. The molecule has 0 aliphatic heterocycles. The molecule has 0 aliphatic rings. The van der Waals surface area contributed by atoms with E-state index in [9.17, 15) is 0 Å². The van der Waals surface area contributed by atoms with E-state index in [2.05, 4.69) is 19.6 Å². The maximum atomic E-state index is 5.32. The quantitative estimate of drug-likeness (QED) is 0.387. The molecule has 4 heteroatoms. The lowest BCUT2D eigenvalue weighted by atomic mass is 10.9. The summed E-state index contributed by atoms with van der Waals surface area (Å²) in [5.41, 5.74) is 0. The van der Waals surface area contributed by atoms with Crippen LogP contribution < -0.4 is 0 Å². The Balaban J connectivity index is 0.